The third kappa shape index (κ3) is 3.37. The standard InChI is InChI=1S/C19H22N4/c1-4-23(15(3)16-8-7-11-20-12-16)13-19-21-14(2)17-9-5-6-10-18(17)22-19/h5-12,15H,4,13H2,1-3H3/t15-/m1/s1. The van der Waals surface area contributed by atoms with Gasteiger partial charge < -0.3 is 0 Å². The van der Waals surface area contributed by atoms with Crippen LogP contribution in [-0.4, -0.2) is 26.4 Å². The summed E-state index contributed by atoms with van der Waals surface area (Å²) in [4.78, 5) is 16.0. The van der Waals surface area contributed by atoms with E-state index in [1.165, 1.54) is 5.56 Å². The van der Waals surface area contributed by atoms with E-state index in [1.54, 1.807) is 0 Å². The zero-order chi connectivity index (χ0) is 16.2. The lowest BCUT2D eigenvalue weighted by Gasteiger charge is -2.27. The molecule has 1 aromatic carbocycles. The summed E-state index contributed by atoms with van der Waals surface area (Å²) in [5, 5.41) is 1.12. The number of hydrogen-bond acceptors (Lipinski definition) is 4. The molecule has 0 aliphatic carbocycles. The molecule has 0 spiro atoms. The SMILES string of the molecule is CCN(Cc1nc(C)c2ccccc2n1)[C@H](C)c1cccnc1. The second-order valence-corrected chi connectivity index (χ2v) is 5.77. The van der Waals surface area contributed by atoms with Crippen LogP contribution >= 0.6 is 0 Å². The van der Waals surface area contributed by atoms with Crippen LogP contribution < -0.4 is 0 Å². The average molecular weight is 306 g/mol. The van der Waals surface area contributed by atoms with Gasteiger partial charge in [0.15, 0.2) is 0 Å². The van der Waals surface area contributed by atoms with Crippen LogP contribution in [0.1, 0.15) is 37.0 Å². The minimum absolute atomic E-state index is 0.282. The normalized spacial score (nSPS) is 12.7. The van der Waals surface area contributed by atoms with Gasteiger partial charge in [-0.05, 0) is 38.1 Å². The van der Waals surface area contributed by atoms with Crippen molar-refractivity contribution in [3.63, 3.8) is 0 Å². The monoisotopic (exact) mass is 306 g/mol. The van der Waals surface area contributed by atoms with E-state index in [0.29, 0.717) is 0 Å². The Bertz CT molecular complexity index is 786. The van der Waals surface area contributed by atoms with E-state index < -0.39 is 0 Å². The molecule has 0 saturated carbocycles. The lowest BCUT2D eigenvalue weighted by atomic mass is 10.1. The predicted molar refractivity (Wildman–Crippen MR) is 93.0 cm³/mol. The van der Waals surface area contributed by atoms with Gasteiger partial charge in [-0.2, -0.15) is 0 Å². The molecule has 2 aromatic heterocycles. The number of benzene rings is 1. The van der Waals surface area contributed by atoms with Crippen LogP contribution in [0.4, 0.5) is 0 Å². The molecule has 0 saturated heterocycles. The highest BCUT2D eigenvalue weighted by atomic mass is 15.2. The number of fused-ring (bicyclic) bond motifs is 1. The number of pyridine rings is 1. The summed E-state index contributed by atoms with van der Waals surface area (Å²) in [6.07, 6.45) is 3.74. The minimum Gasteiger partial charge on any atom is -0.289 e. The molecule has 4 nitrogen and oxygen atoms in total. The van der Waals surface area contributed by atoms with E-state index in [4.69, 9.17) is 9.97 Å². The predicted octanol–water partition coefficient (Wildman–Crippen LogP) is 3.92. The van der Waals surface area contributed by atoms with Gasteiger partial charge in [-0.3, -0.25) is 9.88 Å². The summed E-state index contributed by atoms with van der Waals surface area (Å²) in [6, 6.07) is 12.6. The molecule has 2 heterocycles. The lowest BCUT2D eigenvalue weighted by molar-refractivity contribution is 0.207. The Morgan fingerprint density at radius 2 is 1.91 bits per heavy atom. The zero-order valence-corrected chi connectivity index (χ0v) is 13.9. The molecular formula is C19H22N4. The first-order chi connectivity index (χ1) is 11.2. The quantitative estimate of drug-likeness (QED) is 0.716. The summed E-state index contributed by atoms with van der Waals surface area (Å²) in [7, 11) is 0. The Labute approximate surface area is 137 Å². The second-order valence-electron chi connectivity index (χ2n) is 5.77. The van der Waals surface area contributed by atoms with Crippen molar-refractivity contribution in [3.8, 4) is 0 Å². The van der Waals surface area contributed by atoms with Gasteiger partial charge in [0.2, 0.25) is 0 Å². The third-order valence-electron chi connectivity index (χ3n) is 4.31. The largest absolute Gasteiger partial charge is 0.289 e. The van der Waals surface area contributed by atoms with Gasteiger partial charge in [0.1, 0.15) is 5.82 Å². The van der Waals surface area contributed by atoms with Gasteiger partial charge in [0, 0.05) is 29.5 Å². The fourth-order valence-corrected chi connectivity index (χ4v) is 2.90. The highest BCUT2D eigenvalue weighted by molar-refractivity contribution is 5.80. The highest BCUT2D eigenvalue weighted by Gasteiger charge is 2.16. The Morgan fingerprint density at radius 1 is 1.09 bits per heavy atom. The molecule has 23 heavy (non-hydrogen) atoms. The molecule has 1 atom stereocenters. The van der Waals surface area contributed by atoms with Crippen molar-refractivity contribution in [2.75, 3.05) is 6.54 Å². The van der Waals surface area contributed by atoms with Crippen LogP contribution in [0.25, 0.3) is 10.9 Å². The molecule has 118 valence electrons. The van der Waals surface area contributed by atoms with E-state index >= 15 is 0 Å². The first-order valence-electron chi connectivity index (χ1n) is 8.05. The summed E-state index contributed by atoms with van der Waals surface area (Å²) < 4.78 is 0. The van der Waals surface area contributed by atoms with Gasteiger partial charge in [-0.25, -0.2) is 9.97 Å². The Hall–Kier alpha value is -2.33. The maximum absolute atomic E-state index is 4.73. The maximum Gasteiger partial charge on any atom is 0.143 e. The Kier molecular flexibility index (Phi) is 4.63. The van der Waals surface area contributed by atoms with Crippen LogP contribution in [0, 0.1) is 6.92 Å². The average Bonchev–Trinajstić information content (AvgIpc) is 2.60. The van der Waals surface area contributed by atoms with E-state index in [9.17, 15) is 0 Å². The molecule has 0 unspecified atom stereocenters. The number of para-hydroxylation sites is 1. The number of aromatic nitrogens is 3. The number of aryl methyl sites for hydroxylation is 1. The molecule has 0 radical (unpaired) electrons. The van der Waals surface area contributed by atoms with E-state index in [-0.39, 0.29) is 6.04 Å². The fraction of sp³-hybridized carbons (Fsp3) is 0.316. The Balaban J connectivity index is 1.87. The van der Waals surface area contributed by atoms with Crippen molar-refractivity contribution in [1.29, 1.82) is 0 Å². The van der Waals surface area contributed by atoms with Gasteiger partial charge >= 0.3 is 0 Å². The van der Waals surface area contributed by atoms with E-state index in [2.05, 4.69) is 35.9 Å². The smallest absolute Gasteiger partial charge is 0.143 e. The minimum atomic E-state index is 0.282. The van der Waals surface area contributed by atoms with Gasteiger partial charge in [0.25, 0.3) is 0 Å². The lowest BCUT2D eigenvalue weighted by Crippen LogP contribution is -2.27. The molecule has 0 N–H and O–H groups in total. The second kappa shape index (κ2) is 6.84. The molecule has 3 aromatic rings. The molecule has 4 heteroatoms. The number of nitrogens with zero attached hydrogens (tertiary/aromatic N) is 4. The summed E-state index contributed by atoms with van der Waals surface area (Å²) in [5.41, 5.74) is 3.27. The fourth-order valence-electron chi connectivity index (χ4n) is 2.90. The van der Waals surface area contributed by atoms with Crippen LogP contribution in [0.5, 0.6) is 0 Å². The molecule has 0 fully saturated rings. The van der Waals surface area contributed by atoms with Crippen molar-refractivity contribution in [2.45, 2.75) is 33.4 Å². The molecule has 0 amide bonds. The van der Waals surface area contributed by atoms with Gasteiger partial charge in [-0.1, -0.05) is 31.2 Å². The van der Waals surface area contributed by atoms with Crippen molar-refractivity contribution in [2.24, 2.45) is 0 Å². The molecular weight excluding hydrogens is 284 g/mol. The van der Waals surface area contributed by atoms with E-state index in [0.717, 1.165) is 35.5 Å². The first-order valence-corrected chi connectivity index (χ1v) is 8.05. The van der Waals surface area contributed by atoms with Crippen molar-refractivity contribution >= 4 is 10.9 Å². The van der Waals surface area contributed by atoms with Crippen molar-refractivity contribution in [3.05, 3.63) is 65.9 Å². The topological polar surface area (TPSA) is 41.9 Å². The summed E-state index contributed by atoms with van der Waals surface area (Å²) >= 11 is 0. The van der Waals surface area contributed by atoms with Crippen molar-refractivity contribution in [1.82, 2.24) is 19.9 Å². The Morgan fingerprint density at radius 3 is 2.65 bits per heavy atom. The zero-order valence-electron chi connectivity index (χ0n) is 13.9. The van der Waals surface area contributed by atoms with Crippen LogP contribution in [0.3, 0.4) is 0 Å². The van der Waals surface area contributed by atoms with Crippen molar-refractivity contribution < 1.29 is 0 Å². The van der Waals surface area contributed by atoms with Gasteiger partial charge in [-0.15, -0.1) is 0 Å². The van der Waals surface area contributed by atoms with Crippen LogP contribution in [-0.2, 0) is 6.54 Å². The van der Waals surface area contributed by atoms with Gasteiger partial charge in [0.05, 0.1) is 12.1 Å². The van der Waals surface area contributed by atoms with E-state index in [1.807, 2.05) is 43.6 Å². The first kappa shape index (κ1) is 15.6. The molecule has 3 rings (SSSR count). The number of hydrogen-bond donors (Lipinski definition) is 0. The maximum atomic E-state index is 4.73. The van der Waals surface area contributed by atoms with Crippen LogP contribution in [0.2, 0.25) is 0 Å². The van der Waals surface area contributed by atoms with Crippen LogP contribution in [0.15, 0.2) is 48.8 Å². The highest BCUT2D eigenvalue weighted by Crippen LogP contribution is 2.21. The molecule has 0 aliphatic rings. The summed E-state index contributed by atoms with van der Waals surface area (Å²) in [6.45, 7) is 8.09. The summed E-state index contributed by atoms with van der Waals surface area (Å²) in [5.74, 6) is 0.874. The third-order valence-corrected chi connectivity index (χ3v) is 4.31. The molecule has 0 bridgehead atoms. The molecule has 0 aliphatic heterocycles. The number of rotatable bonds is 5.